The molecule has 0 saturated heterocycles. The Bertz CT molecular complexity index is 11000. The maximum atomic E-state index is 8.65. The van der Waals surface area contributed by atoms with E-state index in [1.807, 2.05) is 88.6 Å². The molecule has 0 spiro atoms. The number of aromatic nitrogens is 12. The molecule has 0 bridgehead atoms. The second kappa shape index (κ2) is 33.7. The fourth-order valence-corrected chi connectivity index (χ4v) is 25.5. The van der Waals surface area contributed by atoms with Gasteiger partial charge in [0.15, 0.2) is 34.4 Å². The molecule has 12 nitrogen and oxygen atoms in total. The molecule has 31 aromatic rings. The van der Waals surface area contributed by atoms with Gasteiger partial charge in [-0.3, -0.25) is 0 Å². The third kappa shape index (κ3) is 13.3. The number of hydrogen-bond donors (Lipinski definition) is 0. The lowest BCUT2D eigenvalue weighted by atomic mass is 10.00. The zero-order chi connectivity index (χ0) is 98.9. The lowest BCUT2D eigenvalue weighted by molar-refractivity contribution is 1.17. The molecule has 12 aromatic heterocycles. The van der Waals surface area contributed by atoms with Crippen LogP contribution < -0.4 is 0 Å². The van der Waals surface area contributed by atoms with Gasteiger partial charge in [0, 0.05) is 194 Å². The van der Waals surface area contributed by atoms with Gasteiger partial charge in [-0.15, -0.1) is 34.0 Å². The number of benzene rings is 19. The molecule has 31 rings (SSSR count). The van der Waals surface area contributed by atoms with Gasteiger partial charge >= 0.3 is 0 Å². The highest BCUT2D eigenvalue weighted by molar-refractivity contribution is 7.28. The van der Waals surface area contributed by atoms with Crippen molar-refractivity contribution in [3.63, 3.8) is 0 Å². The Morgan fingerprint density at radius 3 is 0.792 bits per heavy atom. The van der Waals surface area contributed by atoms with Gasteiger partial charge in [0.25, 0.3) is 0 Å². The van der Waals surface area contributed by atoms with E-state index in [0.29, 0.717) is 45.4 Å². The maximum Gasteiger partial charge on any atom is 0.163 e. The number of nitrogens with zero attached hydrogens (tertiary/aromatic N) is 12. The minimum atomic E-state index is -0.452. The molecule has 0 aliphatic heterocycles. The summed E-state index contributed by atoms with van der Waals surface area (Å²) in [4.78, 5) is 43.5. The van der Waals surface area contributed by atoms with Crippen LogP contribution in [0.1, 0.15) is 6.85 Å². The molecule has 0 saturated carbocycles. The summed E-state index contributed by atoms with van der Waals surface area (Å²) in [5.74, 6) is 1.66. The van der Waals surface area contributed by atoms with Crippen LogP contribution in [0.5, 0.6) is 0 Å². The van der Waals surface area contributed by atoms with Gasteiger partial charge in [-0.1, -0.05) is 297 Å². The summed E-state index contributed by atoms with van der Waals surface area (Å²) in [5, 5.41) is 25.2. The molecule has 12 heterocycles. The first-order chi connectivity index (χ1) is 73.5. The number of rotatable bonds is 10. The molecule has 0 aliphatic carbocycles. The van der Waals surface area contributed by atoms with Crippen molar-refractivity contribution in [3.8, 4) is 96.1 Å². The van der Waals surface area contributed by atoms with Crippen molar-refractivity contribution in [2.24, 2.45) is 0 Å². The Morgan fingerprint density at radius 1 is 0.188 bits per heavy atom. The monoisotopic (exact) mass is 1890 g/mol. The van der Waals surface area contributed by atoms with E-state index in [4.69, 9.17) is 36.8 Å². The van der Waals surface area contributed by atoms with Gasteiger partial charge in [-0.05, 0) is 173 Å². The maximum absolute atomic E-state index is 8.65. The van der Waals surface area contributed by atoms with Crippen molar-refractivity contribution in [2.45, 2.75) is 0 Å². The van der Waals surface area contributed by atoms with Gasteiger partial charge < -0.3 is 13.7 Å². The molecule has 0 N–H and O–H groups in total. The van der Waals surface area contributed by atoms with Crippen molar-refractivity contribution in [1.82, 2.24) is 58.6 Å². The van der Waals surface area contributed by atoms with E-state index in [0.717, 1.165) is 72.5 Å². The van der Waals surface area contributed by atoms with Gasteiger partial charge in [-0.2, -0.15) is 0 Å². The summed E-state index contributed by atoms with van der Waals surface area (Å²) in [6, 6.07) is 143. The van der Waals surface area contributed by atoms with Crippen molar-refractivity contribution < 1.29 is 6.85 Å². The van der Waals surface area contributed by atoms with Crippen molar-refractivity contribution in [3.05, 3.63) is 461 Å². The van der Waals surface area contributed by atoms with Gasteiger partial charge in [0.05, 0.1) is 57.0 Å². The molecular weight excluding hydrogens is 1810 g/mol. The summed E-state index contributed by atoms with van der Waals surface area (Å²) in [6.07, 6.45) is 5.21. The van der Waals surface area contributed by atoms with Crippen LogP contribution in [0, 0.1) is 0 Å². The van der Waals surface area contributed by atoms with E-state index in [1.54, 1.807) is 30.7 Å². The van der Waals surface area contributed by atoms with Gasteiger partial charge in [0.1, 0.15) is 0 Å². The largest absolute Gasteiger partial charge is 0.309 e. The Morgan fingerprint density at radius 2 is 0.444 bits per heavy atom. The van der Waals surface area contributed by atoms with E-state index in [2.05, 4.69) is 374 Å². The third-order valence-corrected chi connectivity index (χ3v) is 31.7. The van der Waals surface area contributed by atoms with Gasteiger partial charge in [0.2, 0.25) is 0 Å². The summed E-state index contributed by atoms with van der Waals surface area (Å²) in [5.41, 5.74) is 21.1. The average Bonchev–Trinajstić information content (AvgIpc) is 1.54. The first-order valence-corrected chi connectivity index (χ1v) is 50.2. The molecule has 0 radical (unpaired) electrons. The number of fused-ring (bicyclic) bond motifs is 33. The Hall–Kier alpha value is -18.5. The van der Waals surface area contributed by atoms with Crippen LogP contribution in [0.15, 0.2) is 461 Å². The highest BCUT2D eigenvalue weighted by atomic mass is 32.1. The number of pyridine rings is 3. The number of thiophene rings is 3. The summed E-state index contributed by atoms with van der Waals surface area (Å²) in [7, 11) is 0. The number of hydrogen-bond acceptors (Lipinski definition) is 12. The third-order valence-electron chi connectivity index (χ3n) is 28.1. The lowest BCUT2D eigenvalue weighted by Gasteiger charge is -2.12. The second-order valence-electron chi connectivity index (χ2n) is 36.0. The molecule has 0 aliphatic rings. The first-order valence-electron chi connectivity index (χ1n) is 50.3. The van der Waals surface area contributed by atoms with E-state index < -0.39 is 18.1 Å². The number of para-hydroxylation sites is 3. The lowest BCUT2D eigenvalue weighted by Crippen LogP contribution is -1.98. The molecule has 15 heteroatoms. The predicted octanol–water partition coefficient (Wildman–Crippen LogP) is 34.6. The van der Waals surface area contributed by atoms with Gasteiger partial charge in [-0.25, -0.2) is 44.9 Å². The van der Waals surface area contributed by atoms with Crippen molar-refractivity contribution >= 4 is 225 Å². The van der Waals surface area contributed by atoms with Crippen LogP contribution in [0.3, 0.4) is 0 Å². The summed E-state index contributed by atoms with van der Waals surface area (Å²) < 4.78 is 57.0. The van der Waals surface area contributed by atoms with Crippen molar-refractivity contribution in [2.75, 3.05) is 0 Å². The van der Waals surface area contributed by atoms with E-state index in [-0.39, 0.29) is 23.3 Å². The minimum Gasteiger partial charge on any atom is -0.309 e. The SMILES string of the molecule is [2H]c1c([2H])c([2H])c(-c2nc(-c3ccc(-n4c5ccccc5c5c6ccccc6c6sc7ccccc7c6c54)cc3)nc3ncccc23)c([2H])c1[2H].c1ccc(-c2ccc(-c3nc(-c4ccc(-n5c6ccccc6c6c7ccccc7c7sc8ccccc8c7c65)cc4)nc4ncccc34)cc2)cc1.c1ccc(-c2nc(-c3ccc(-n4c5ccccc5c5c6ccccc6c6sc7ccccc7c6c54)cc3)nc3ncccc23)cc1. The second-order valence-corrected chi connectivity index (χ2v) is 39.2. The Kier molecular flexibility index (Phi) is 18.1. The quantitative estimate of drug-likeness (QED) is 0.131. The molecule has 19 aromatic carbocycles. The Labute approximate surface area is 842 Å². The molecular formula is C129H76N12S3. The molecule has 0 amide bonds. The highest BCUT2D eigenvalue weighted by Crippen LogP contribution is 2.53. The standard InChI is InChI=1S/C47H28N4S.2C41H24N4S/c1-2-11-29(12-3-1)30-20-22-31(23-21-30)43-38-17-10-28-48-47(38)50-46(49-43)32-24-26-33(27-25-32)51-39-18-8-6-15-36(39)41-34-13-4-5-14-35(34)45-42(44(41)51)37-16-7-9-19-40(37)52-45;2*1-2-11-25(12-3-1)37-32-17-10-24-42-41(32)44-40(43-37)26-20-22-27(23-21-26)45-33-18-8-6-15-30(33)35-28-13-4-5-14-29(28)39-36(38(35)45)31-16-7-9-19-34(31)46-39/h1-28H;2*1-24H/i;1D,2D,3D,11D,12D;. The van der Waals surface area contributed by atoms with Crippen LogP contribution in [-0.4, -0.2) is 58.6 Å². The fraction of sp³-hybridized carbons (Fsp3) is 0. The zero-order valence-electron chi connectivity index (χ0n) is 81.6. The molecule has 0 atom stereocenters. The topological polar surface area (TPSA) is 131 Å². The van der Waals surface area contributed by atoms with Crippen LogP contribution >= 0.6 is 34.0 Å². The summed E-state index contributed by atoms with van der Waals surface area (Å²) in [6.45, 7) is 0. The first kappa shape index (κ1) is 77.4. The average molecular weight is 1900 g/mol. The Balaban J connectivity index is 0.000000105. The fourth-order valence-electron chi connectivity index (χ4n) is 21.8. The normalized spacial score (nSPS) is 12.4. The van der Waals surface area contributed by atoms with E-state index in [1.165, 1.54) is 158 Å². The van der Waals surface area contributed by atoms with Crippen molar-refractivity contribution in [1.29, 1.82) is 0 Å². The zero-order valence-corrected chi connectivity index (χ0v) is 79.0. The molecule has 670 valence electrons. The van der Waals surface area contributed by atoms with Crippen LogP contribution in [0.4, 0.5) is 0 Å². The summed E-state index contributed by atoms with van der Waals surface area (Å²) >= 11 is 5.60. The van der Waals surface area contributed by atoms with E-state index >= 15 is 0 Å². The highest BCUT2D eigenvalue weighted by Gasteiger charge is 2.28. The predicted molar refractivity (Wildman–Crippen MR) is 604 cm³/mol. The van der Waals surface area contributed by atoms with E-state index in [9.17, 15) is 0 Å². The smallest absolute Gasteiger partial charge is 0.163 e. The van der Waals surface area contributed by atoms with Crippen LogP contribution in [0.25, 0.3) is 287 Å². The molecule has 144 heavy (non-hydrogen) atoms. The minimum absolute atomic E-state index is 0.0174. The molecule has 0 unspecified atom stereocenters. The van der Waals surface area contributed by atoms with Crippen LogP contribution in [0.2, 0.25) is 0 Å². The van der Waals surface area contributed by atoms with Crippen LogP contribution in [-0.2, 0) is 0 Å². The molecule has 0 fully saturated rings.